The van der Waals surface area contributed by atoms with E-state index in [-0.39, 0.29) is 6.61 Å². The largest absolute Gasteiger partial charge is 0.390 e. The van der Waals surface area contributed by atoms with Crippen LogP contribution in [0.1, 0.15) is 5.69 Å². The van der Waals surface area contributed by atoms with E-state index in [0.29, 0.717) is 5.69 Å². The molecule has 3 nitrogen and oxygen atoms in total. The van der Waals surface area contributed by atoms with Crippen LogP contribution in [-0.4, -0.2) is 14.5 Å². The van der Waals surface area contributed by atoms with Crippen LogP contribution in [0.4, 0.5) is 0 Å². The highest BCUT2D eigenvalue weighted by Crippen LogP contribution is 2.20. The molecule has 3 heteroatoms. The molecule has 3 rings (SSSR count). The van der Waals surface area contributed by atoms with Crippen molar-refractivity contribution < 1.29 is 5.11 Å². The molecule has 0 aliphatic rings. The molecule has 3 aromatic rings. The average Bonchev–Trinajstić information content (AvgIpc) is 2.82. The van der Waals surface area contributed by atoms with Crippen molar-refractivity contribution in [3.63, 3.8) is 0 Å². The summed E-state index contributed by atoms with van der Waals surface area (Å²) in [6.45, 7) is -0.0318. The minimum atomic E-state index is -0.0318. The number of hydrogen-bond donors (Lipinski definition) is 1. The Morgan fingerprint density at radius 3 is 2.59 bits per heavy atom. The second-order valence-corrected chi connectivity index (χ2v) is 3.90. The van der Waals surface area contributed by atoms with Gasteiger partial charge >= 0.3 is 0 Å². The predicted molar refractivity (Wildman–Crippen MR) is 66.6 cm³/mol. The first kappa shape index (κ1) is 10.1. The van der Waals surface area contributed by atoms with Crippen LogP contribution < -0.4 is 0 Å². The van der Waals surface area contributed by atoms with Gasteiger partial charge in [-0.15, -0.1) is 0 Å². The fourth-order valence-corrected chi connectivity index (χ4v) is 1.98. The lowest BCUT2D eigenvalue weighted by Gasteiger charge is -2.04. The second-order valence-electron chi connectivity index (χ2n) is 3.90. The Hall–Kier alpha value is -2.13. The third-order valence-corrected chi connectivity index (χ3v) is 2.77. The maximum atomic E-state index is 9.12. The molecule has 17 heavy (non-hydrogen) atoms. The zero-order valence-electron chi connectivity index (χ0n) is 9.24. The summed E-state index contributed by atoms with van der Waals surface area (Å²) in [7, 11) is 0. The number of pyridine rings is 1. The van der Waals surface area contributed by atoms with Gasteiger partial charge in [0.2, 0.25) is 0 Å². The molecule has 0 aliphatic carbocycles. The molecular weight excluding hydrogens is 212 g/mol. The van der Waals surface area contributed by atoms with E-state index >= 15 is 0 Å². The first-order valence-corrected chi connectivity index (χ1v) is 5.52. The third-order valence-electron chi connectivity index (χ3n) is 2.77. The third kappa shape index (κ3) is 1.70. The normalized spacial score (nSPS) is 10.9. The van der Waals surface area contributed by atoms with Gasteiger partial charge < -0.3 is 5.11 Å². The lowest BCUT2D eigenvalue weighted by atomic mass is 10.1. The van der Waals surface area contributed by atoms with E-state index in [2.05, 4.69) is 17.1 Å². The quantitative estimate of drug-likeness (QED) is 0.726. The van der Waals surface area contributed by atoms with Crippen LogP contribution in [0.5, 0.6) is 0 Å². The van der Waals surface area contributed by atoms with Gasteiger partial charge in [-0.3, -0.25) is 4.40 Å². The first-order valence-electron chi connectivity index (χ1n) is 5.52. The number of rotatable bonds is 2. The fraction of sp³-hybridized carbons (Fsp3) is 0.0714. The first-order chi connectivity index (χ1) is 8.38. The van der Waals surface area contributed by atoms with Crippen molar-refractivity contribution in [1.82, 2.24) is 9.38 Å². The minimum Gasteiger partial charge on any atom is -0.390 e. The number of benzene rings is 1. The van der Waals surface area contributed by atoms with Crippen LogP contribution >= 0.6 is 0 Å². The molecule has 0 radical (unpaired) electrons. The van der Waals surface area contributed by atoms with Gasteiger partial charge in [-0.1, -0.05) is 36.4 Å². The standard InChI is InChI=1S/C14H12N2O/c17-10-12-9-16-13(7-4-8-14(16)15-12)11-5-2-1-3-6-11/h1-9,17H,10H2. The van der Waals surface area contributed by atoms with Gasteiger partial charge in [-0.25, -0.2) is 4.98 Å². The maximum absolute atomic E-state index is 9.12. The van der Waals surface area contributed by atoms with E-state index in [0.717, 1.165) is 16.9 Å². The van der Waals surface area contributed by atoms with Crippen molar-refractivity contribution in [3.8, 4) is 11.3 Å². The van der Waals surface area contributed by atoms with Gasteiger partial charge in [0.15, 0.2) is 0 Å². The Morgan fingerprint density at radius 2 is 1.82 bits per heavy atom. The lowest BCUT2D eigenvalue weighted by Crippen LogP contribution is -1.89. The van der Waals surface area contributed by atoms with Crippen LogP contribution in [0.2, 0.25) is 0 Å². The van der Waals surface area contributed by atoms with Gasteiger partial charge in [0, 0.05) is 6.20 Å². The SMILES string of the molecule is OCc1cn2c(-c3ccccc3)cccc2n1. The monoisotopic (exact) mass is 224 g/mol. The van der Waals surface area contributed by atoms with E-state index in [1.54, 1.807) is 0 Å². The fourth-order valence-electron chi connectivity index (χ4n) is 1.98. The highest BCUT2D eigenvalue weighted by atomic mass is 16.3. The summed E-state index contributed by atoms with van der Waals surface area (Å²) in [5.41, 5.74) is 3.76. The molecule has 1 aromatic carbocycles. The van der Waals surface area contributed by atoms with Crippen molar-refractivity contribution in [1.29, 1.82) is 0 Å². The van der Waals surface area contributed by atoms with Crippen LogP contribution in [0.3, 0.4) is 0 Å². The number of fused-ring (bicyclic) bond motifs is 1. The number of hydrogen-bond acceptors (Lipinski definition) is 2. The number of imidazole rings is 1. The van der Waals surface area contributed by atoms with Crippen molar-refractivity contribution in [2.24, 2.45) is 0 Å². The molecule has 0 atom stereocenters. The Balaban J connectivity index is 2.26. The molecule has 2 aromatic heterocycles. The number of aromatic nitrogens is 2. The summed E-state index contributed by atoms with van der Waals surface area (Å²) in [6, 6.07) is 16.1. The summed E-state index contributed by atoms with van der Waals surface area (Å²) >= 11 is 0. The Labute approximate surface area is 99.0 Å². The molecule has 0 spiro atoms. The van der Waals surface area contributed by atoms with Crippen molar-refractivity contribution in [2.75, 3.05) is 0 Å². The van der Waals surface area contributed by atoms with Gasteiger partial charge in [0.05, 0.1) is 18.0 Å². The Morgan fingerprint density at radius 1 is 1.00 bits per heavy atom. The van der Waals surface area contributed by atoms with Crippen LogP contribution in [0.15, 0.2) is 54.7 Å². The van der Waals surface area contributed by atoms with Crippen molar-refractivity contribution >= 4 is 5.65 Å². The molecule has 0 saturated heterocycles. The molecule has 1 N–H and O–H groups in total. The lowest BCUT2D eigenvalue weighted by molar-refractivity contribution is 0.277. The summed E-state index contributed by atoms with van der Waals surface area (Å²) in [4.78, 5) is 4.33. The van der Waals surface area contributed by atoms with Crippen LogP contribution in [-0.2, 0) is 6.61 Å². The smallest absolute Gasteiger partial charge is 0.137 e. The Kier molecular flexibility index (Phi) is 2.38. The summed E-state index contributed by atoms with van der Waals surface area (Å²) in [5, 5.41) is 9.12. The number of aliphatic hydroxyl groups is 1. The van der Waals surface area contributed by atoms with E-state index in [4.69, 9.17) is 5.11 Å². The highest BCUT2D eigenvalue weighted by molar-refractivity contribution is 5.63. The second kappa shape index (κ2) is 4.03. The van der Waals surface area contributed by atoms with Crippen LogP contribution in [0.25, 0.3) is 16.9 Å². The van der Waals surface area contributed by atoms with Crippen molar-refractivity contribution in [3.05, 3.63) is 60.4 Å². The molecule has 0 amide bonds. The molecule has 0 bridgehead atoms. The molecular formula is C14H12N2O. The van der Waals surface area contributed by atoms with E-state index in [1.165, 1.54) is 0 Å². The van der Waals surface area contributed by atoms with E-state index in [9.17, 15) is 0 Å². The summed E-state index contributed by atoms with van der Waals surface area (Å²) < 4.78 is 2.00. The maximum Gasteiger partial charge on any atom is 0.137 e. The average molecular weight is 224 g/mol. The van der Waals surface area contributed by atoms with Gasteiger partial charge in [-0.05, 0) is 17.7 Å². The van der Waals surface area contributed by atoms with Gasteiger partial charge in [0.25, 0.3) is 0 Å². The summed E-state index contributed by atoms with van der Waals surface area (Å²) in [5.74, 6) is 0. The predicted octanol–water partition coefficient (Wildman–Crippen LogP) is 2.49. The molecule has 0 aliphatic heterocycles. The van der Waals surface area contributed by atoms with Crippen LogP contribution in [0, 0.1) is 0 Å². The van der Waals surface area contributed by atoms with Gasteiger partial charge in [-0.2, -0.15) is 0 Å². The Bertz CT molecular complexity index is 644. The zero-order chi connectivity index (χ0) is 11.7. The molecule has 0 unspecified atom stereocenters. The highest BCUT2D eigenvalue weighted by Gasteiger charge is 2.05. The van der Waals surface area contributed by atoms with E-state index < -0.39 is 0 Å². The molecule has 2 heterocycles. The molecule has 0 fully saturated rings. The zero-order valence-corrected chi connectivity index (χ0v) is 9.24. The summed E-state index contributed by atoms with van der Waals surface area (Å²) in [6.07, 6.45) is 1.87. The van der Waals surface area contributed by atoms with E-state index in [1.807, 2.05) is 47.0 Å². The van der Waals surface area contributed by atoms with Crippen molar-refractivity contribution in [2.45, 2.75) is 6.61 Å². The molecule has 84 valence electrons. The topological polar surface area (TPSA) is 37.5 Å². The minimum absolute atomic E-state index is 0.0318. The van der Waals surface area contributed by atoms with Gasteiger partial charge in [0.1, 0.15) is 5.65 Å². The number of nitrogens with zero attached hydrogens (tertiary/aromatic N) is 2. The molecule has 0 saturated carbocycles. The number of aliphatic hydroxyl groups excluding tert-OH is 1.